The van der Waals surface area contributed by atoms with Crippen LogP contribution < -0.4 is 9.47 Å². The first-order valence-electron chi connectivity index (χ1n) is 7.63. The Bertz CT molecular complexity index is 741. The molecular formula is C17H19NO6. The molecule has 2 aliphatic rings. The van der Waals surface area contributed by atoms with Gasteiger partial charge >= 0.3 is 0 Å². The Balaban J connectivity index is 2.05. The first-order valence-corrected chi connectivity index (χ1v) is 7.63. The molecule has 24 heavy (non-hydrogen) atoms. The summed E-state index contributed by atoms with van der Waals surface area (Å²) >= 11 is 0. The number of methoxy groups -OCH3 is 2. The van der Waals surface area contributed by atoms with Crippen molar-refractivity contribution in [3.63, 3.8) is 0 Å². The van der Waals surface area contributed by atoms with Crippen molar-refractivity contribution in [3.8, 4) is 11.5 Å². The molecule has 7 heteroatoms. The highest BCUT2D eigenvalue weighted by Gasteiger charge is 2.52. The van der Waals surface area contributed by atoms with E-state index in [9.17, 15) is 14.7 Å². The van der Waals surface area contributed by atoms with Crippen molar-refractivity contribution in [1.29, 1.82) is 0 Å². The molecule has 0 radical (unpaired) electrons. The number of likely N-dealkylation sites (tertiary alicyclic amines) is 1. The summed E-state index contributed by atoms with van der Waals surface area (Å²) in [5.74, 6) is -0.641. The SMILES string of the molecule is COc1cccc(C2(C)OC(N3CCCC3=O)=C(O)C2=O)c1OC. The van der Waals surface area contributed by atoms with Gasteiger partial charge in [-0.1, -0.05) is 12.1 Å². The van der Waals surface area contributed by atoms with Gasteiger partial charge in [0.2, 0.25) is 23.2 Å². The molecule has 7 nitrogen and oxygen atoms in total. The van der Waals surface area contributed by atoms with E-state index in [2.05, 4.69) is 0 Å². The van der Waals surface area contributed by atoms with Gasteiger partial charge in [0.15, 0.2) is 11.5 Å². The minimum absolute atomic E-state index is 0.0881. The average molecular weight is 333 g/mol. The highest BCUT2D eigenvalue weighted by molar-refractivity contribution is 6.03. The monoisotopic (exact) mass is 333 g/mol. The van der Waals surface area contributed by atoms with Gasteiger partial charge in [-0.25, -0.2) is 0 Å². The summed E-state index contributed by atoms with van der Waals surface area (Å²) in [7, 11) is 2.95. The lowest BCUT2D eigenvalue weighted by Crippen LogP contribution is -2.33. The summed E-state index contributed by atoms with van der Waals surface area (Å²) in [6.45, 7) is 1.95. The van der Waals surface area contributed by atoms with Crippen molar-refractivity contribution in [3.05, 3.63) is 35.4 Å². The molecule has 1 aromatic rings. The number of para-hydroxylation sites is 1. The number of aliphatic hydroxyl groups excluding tert-OH is 1. The molecule has 0 aliphatic carbocycles. The molecule has 1 saturated heterocycles. The van der Waals surface area contributed by atoms with Crippen molar-refractivity contribution < 1.29 is 28.9 Å². The summed E-state index contributed by atoms with van der Waals surface area (Å²) in [5, 5.41) is 10.3. The smallest absolute Gasteiger partial charge is 0.250 e. The number of rotatable bonds is 4. The second-order valence-corrected chi connectivity index (χ2v) is 5.81. The van der Waals surface area contributed by atoms with Gasteiger partial charge in [0.25, 0.3) is 5.78 Å². The van der Waals surface area contributed by atoms with E-state index in [0.717, 1.165) is 0 Å². The second kappa shape index (κ2) is 5.74. The third kappa shape index (κ3) is 2.19. The fourth-order valence-electron chi connectivity index (χ4n) is 3.10. The zero-order valence-corrected chi connectivity index (χ0v) is 13.8. The number of amides is 1. The van der Waals surface area contributed by atoms with Crippen LogP contribution in [0.4, 0.5) is 0 Å². The quantitative estimate of drug-likeness (QED) is 0.905. The van der Waals surface area contributed by atoms with Gasteiger partial charge in [-0.2, -0.15) is 0 Å². The predicted octanol–water partition coefficient (Wildman–Crippen LogP) is 1.87. The number of aliphatic hydroxyl groups is 1. The Morgan fingerprint density at radius 2 is 2.00 bits per heavy atom. The van der Waals surface area contributed by atoms with Crippen molar-refractivity contribution >= 4 is 11.7 Å². The van der Waals surface area contributed by atoms with Crippen LogP contribution in [-0.4, -0.2) is 42.5 Å². The molecule has 0 aromatic heterocycles. The molecule has 1 fully saturated rings. The van der Waals surface area contributed by atoms with E-state index in [1.807, 2.05) is 0 Å². The summed E-state index contributed by atoms with van der Waals surface area (Å²) in [6.07, 6.45) is 1.03. The molecule has 0 bridgehead atoms. The second-order valence-electron chi connectivity index (χ2n) is 5.81. The van der Waals surface area contributed by atoms with Crippen LogP contribution in [0, 0.1) is 0 Å². The third-order valence-electron chi connectivity index (χ3n) is 4.39. The van der Waals surface area contributed by atoms with E-state index < -0.39 is 17.1 Å². The molecule has 1 amide bonds. The molecule has 1 aromatic carbocycles. The predicted molar refractivity (Wildman–Crippen MR) is 83.6 cm³/mol. The number of carbonyl (C=O) groups excluding carboxylic acids is 2. The van der Waals surface area contributed by atoms with Gasteiger partial charge in [-0.05, 0) is 19.4 Å². The highest BCUT2D eigenvalue weighted by Crippen LogP contribution is 2.46. The number of ketones is 1. The number of hydrogen-bond donors (Lipinski definition) is 1. The van der Waals surface area contributed by atoms with Gasteiger partial charge in [0.05, 0.1) is 14.2 Å². The molecule has 1 N–H and O–H groups in total. The number of hydrogen-bond acceptors (Lipinski definition) is 6. The Hall–Kier alpha value is -2.70. The Morgan fingerprint density at radius 1 is 1.25 bits per heavy atom. The topological polar surface area (TPSA) is 85.3 Å². The molecule has 3 rings (SSSR count). The fraction of sp³-hybridized carbons (Fsp3) is 0.412. The Kier molecular flexibility index (Phi) is 3.87. The largest absolute Gasteiger partial charge is 0.501 e. The lowest BCUT2D eigenvalue weighted by atomic mass is 9.90. The van der Waals surface area contributed by atoms with Crippen molar-refractivity contribution in [2.24, 2.45) is 0 Å². The number of carbonyl (C=O) groups is 2. The molecule has 128 valence electrons. The number of Topliss-reactive ketones (excluding diaryl/α,β-unsaturated/α-hetero) is 1. The van der Waals surface area contributed by atoms with Crippen LogP contribution >= 0.6 is 0 Å². The van der Waals surface area contributed by atoms with Gasteiger partial charge in [0, 0.05) is 18.5 Å². The van der Waals surface area contributed by atoms with Gasteiger partial charge in [-0.15, -0.1) is 0 Å². The summed E-state index contributed by atoms with van der Waals surface area (Å²) in [6, 6.07) is 5.07. The van der Waals surface area contributed by atoms with Crippen molar-refractivity contribution in [2.45, 2.75) is 25.4 Å². The molecular weight excluding hydrogens is 314 g/mol. The summed E-state index contributed by atoms with van der Waals surface area (Å²) in [5.41, 5.74) is -1.08. The van der Waals surface area contributed by atoms with E-state index in [4.69, 9.17) is 14.2 Å². The molecule has 1 unspecified atom stereocenters. The van der Waals surface area contributed by atoms with E-state index in [1.165, 1.54) is 26.0 Å². The first kappa shape index (κ1) is 16.2. The maximum atomic E-state index is 12.7. The van der Waals surface area contributed by atoms with E-state index in [-0.39, 0.29) is 11.8 Å². The maximum absolute atomic E-state index is 12.7. The van der Waals surface area contributed by atoms with E-state index >= 15 is 0 Å². The standard InChI is InChI=1S/C17H19NO6/c1-17(10-6-4-7-11(22-2)14(10)23-3)15(21)13(20)16(24-17)18-9-5-8-12(18)19/h4,6-7,20H,5,8-9H2,1-3H3. The van der Waals surface area contributed by atoms with Crippen molar-refractivity contribution in [1.82, 2.24) is 4.90 Å². The molecule has 0 spiro atoms. The van der Waals surface area contributed by atoms with Crippen LogP contribution in [0.2, 0.25) is 0 Å². The number of ether oxygens (including phenoxy) is 3. The minimum atomic E-state index is -1.50. The molecule has 2 aliphatic heterocycles. The Labute approximate surface area is 139 Å². The van der Waals surface area contributed by atoms with Gasteiger partial charge < -0.3 is 19.3 Å². The highest BCUT2D eigenvalue weighted by atomic mass is 16.5. The first-order chi connectivity index (χ1) is 11.4. The van der Waals surface area contributed by atoms with E-state index in [0.29, 0.717) is 36.4 Å². The van der Waals surface area contributed by atoms with Crippen LogP contribution in [0.5, 0.6) is 11.5 Å². The van der Waals surface area contributed by atoms with Gasteiger partial charge in [-0.3, -0.25) is 14.5 Å². The van der Waals surface area contributed by atoms with Crippen LogP contribution in [0.3, 0.4) is 0 Å². The van der Waals surface area contributed by atoms with Crippen LogP contribution in [0.15, 0.2) is 29.8 Å². The van der Waals surface area contributed by atoms with Crippen LogP contribution in [-0.2, 0) is 19.9 Å². The molecule has 2 heterocycles. The van der Waals surface area contributed by atoms with Crippen molar-refractivity contribution in [2.75, 3.05) is 20.8 Å². The Morgan fingerprint density at radius 3 is 2.58 bits per heavy atom. The average Bonchev–Trinajstić information content (AvgIpc) is 3.11. The summed E-state index contributed by atoms with van der Waals surface area (Å²) in [4.78, 5) is 25.9. The number of benzene rings is 1. The molecule has 0 saturated carbocycles. The fourth-order valence-corrected chi connectivity index (χ4v) is 3.10. The van der Waals surface area contributed by atoms with Crippen LogP contribution in [0.25, 0.3) is 0 Å². The normalized spacial score (nSPS) is 23.7. The molecule has 1 atom stereocenters. The zero-order valence-electron chi connectivity index (χ0n) is 13.8. The lowest BCUT2D eigenvalue weighted by molar-refractivity contribution is -0.136. The number of nitrogens with zero attached hydrogens (tertiary/aromatic N) is 1. The third-order valence-corrected chi connectivity index (χ3v) is 4.39. The maximum Gasteiger partial charge on any atom is 0.250 e. The lowest BCUT2D eigenvalue weighted by Gasteiger charge is -2.27. The minimum Gasteiger partial charge on any atom is -0.501 e. The zero-order chi connectivity index (χ0) is 17.5. The van der Waals surface area contributed by atoms with Gasteiger partial charge in [0.1, 0.15) is 0 Å². The van der Waals surface area contributed by atoms with E-state index in [1.54, 1.807) is 18.2 Å². The van der Waals surface area contributed by atoms with Crippen LogP contribution in [0.1, 0.15) is 25.3 Å². The summed E-state index contributed by atoms with van der Waals surface area (Å²) < 4.78 is 16.4.